The van der Waals surface area contributed by atoms with E-state index in [-0.39, 0.29) is 0 Å². The van der Waals surface area contributed by atoms with Crippen LogP contribution in [-0.2, 0) is 19.3 Å². The first-order valence-electron chi connectivity index (χ1n) is 7.56. The minimum absolute atomic E-state index is 0.460. The van der Waals surface area contributed by atoms with Crippen molar-refractivity contribution in [2.45, 2.75) is 45.1 Å². The molecular weight excluding hydrogens is 264 g/mol. The fraction of sp³-hybridized carbons (Fsp3) is 0.471. The summed E-state index contributed by atoms with van der Waals surface area (Å²) < 4.78 is 0. The Balaban J connectivity index is 1.54. The van der Waals surface area contributed by atoms with Gasteiger partial charge in [-0.25, -0.2) is 0 Å². The maximum atomic E-state index is 4.16. The smallest absolute Gasteiger partial charge is 0.0386 e. The molecule has 2 nitrogen and oxygen atoms in total. The molecule has 0 spiro atoms. The average Bonchev–Trinajstić information content (AvgIpc) is 2.92. The van der Waals surface area contributed by atoms with Gasteiger partial charge in [0.15, 0.2) is 0 Å². The van der Waals surface area contributed by atoms with Crippen molar-refractivity contribution in [3.05, 3.63) is 51.5 Å². The van der Waals surface area contributed by atoms with Crippen LogP contribution < -0.4 is 5.32 Å². The van der Waals surface area contributed by atoms with Gasteiger partial charge in [-0.05, 0) is 68.8 Å². The predicted octanol–water partition coefficient (Wildman–Crippen LogP) is 3.92. The van der Waals surface area contributed by atoms with Crippen LogP contribution in [-0.4, -0.2) is 11.5 Å². The van der Waals surface area contributed by atoms with E-state index in [0.29, 0.717) is 6.04 Å². The predicted molar refractivity (Wildman–Crippen MR) is 85.3 cm³/mol. The van der Waals surface area contributed by atoms with Gasteiger partial charge in [-0.15, -0.1) is 11.3 Å². The van der Waals surface area contributed by atoms with Crippen LogP contribution in [0.1, 0.15) is 46.7 Å². The van der Waals surface area contributed by atoms with Crippen molar-refractivity contribution in [3.8, 4) is 0 Å². The summed E-state index contributed by atoms with van der Waals surface area (Å²) in [6.07, 6.45) is 10.1. The third-order valence-electron chi connectivity index (χ3n) is 4.03. The molecule has 2 aromatic rings. The molecule has 1 aliphatic carbocycles. The molecular formula is C17H22N2S. The molecule has 1 unspecified atom stereocenters. The minimum atomic E-state index is 0.460. The summed E-state index contributed by atoms with van der Waals surface area (Å²) >= 11 is 2.01. The third-order valence-corrected chi connectivity index (χ3v) is 5.45. The number of nitrogens with zero attached hydrogens (tertiary/aromatic N) is 1. The lowest BCUT2D eigenvalue weighted by atomic mass is 9.99. The Morgan fingerprint density at radius 1 is 1.35 bits per heavy atom. The Morgan fingerprint density at radius 3 is 3.05 bits per heavy atom. The fourth-order valence-electron chi connectivity index (χ4n) is 2.81. The summed E-state index contributed by atoms with van der Waals surface area (Å²) in [6.45, 7) is 3.29. The van der Waals surface area contributed by atoms with Gasteiger partial charge in [0.1, 0.15) is 0 Å². The van der Waals surface area contributed by atoms with Crippen LogP contribution in [0.4, 0.5) is 0 Å². The SMILES string of the molecule is CC(NCCc1cccnc1)c1cc2c(s1)CCCC2. The van der Waals surface area contributed by atoms with Crippen molar-refractivity contribution >= 4 is 11.3 Å². The topological polar surface area (TPSA) is 24.9 Å². The molecule has 3 heteroatoms. The zero-order valence-electron chi connectivity index (χ0n) is 12.1. The van der Waals surface area contributed by atoms with Crippen molar-refractivity contribution in [1.29, 1.82) is 0 Å². The fourth-order valence-corrected chi connectivity index (χ4v) is 4.09. The summed E-state index contributed by atoms with van der Waals surface area (Å²) in [5.41, 5.74) is 2.91. The van der Waals surface area contributed by atoms with Crippen molar-refractivity contribution in [1.82, 2.24) is 10.3 Å². The second-order valence-electron chi connectivity index (χ2n) is 5.59. The Kier molecular flexibility index (Phi) is 4.48. The van der Waals surface area contributed by atoms with E-state index < -0.39 is 0 Å². The van der Waals surface area contributed by atoms with Gasteiger partial charge in [-0.1, -0.05) is 6.07 Å². The van der Waals surface area contributed by atoms with E-state index in [4.69, 9.17) is 0 Å². The van der Waals surface area contributed by atoms with Gasteiger partial charge in [0.2, 0.25) is 0 Å². The molecule has 106 valence electrons. The molecule has 0 bridgehead atoms. The highest BCUT2D eigenvalue weighted by molar-refractivity contribution is 7.12. The molecule has 0 aliphatic heterocycles. The third kappa shape index (κ3) is 3.28. The first-order chi connectivity index (χ1) is 9.83. The number of hydrogen-bond acceptors (Lipinski definition) is 3. The summed E-state index contributed by atoms with van der Waals surface area (Å²) in [6, 6.07) is 7.04. The summed E-state index contributed by atoms with van der Waals surface area (Å²) in [5, 5.41) is 3.64. The lowest BCUT2D eigenvalue weighted by Gasteiger charge is -2.11. The van der Waals surface area contributed by atoms with Crippen LogP contribution in [0.3, 0.4) is 0 Å². The van der Waals surface area contributed by atoms with E-state index >= 15 is 0 Å². The van der Waals surface area contributed by atoms with Crippen LogP contribution >= 0.6 is 11.3 Å². The number of thiophene rings is 1. The van der Waals surface area contributed by atoms with E-state index in [9.17, 15) is 0 Å². The number of aryl methyl sites for hydroxylation is 2. The summed E-state index contributed by atoms with van der Waals surface area (Å²) in [5.74, 6) is 0. The molecule has 3 rings (SSSR count). The number of hydrogen-bond donors (Lipinski definition) is 1. The number of nitrogens with one attached hydrogen (secondary N) is 1. The molecule has 2 heterocycles. The molecule has 0 aromatic carbocycles. The quantitative estimate of drug-likeness (QED) is 0.901. The van der Waals surface area contributed by atoms with Crippen LogP contribution in [0.5, 0.6) is 0 Å². The Bertz CT molecular complexity index is 524. The van der Waals surface area contributed by atoms with Crippen LogP contribution in [0.15, 0.2) is 30.6 Å². The normalized spacial score (nSPS) is 15.8. The molecule has 2 aromatic heterocycles. The standard InChI is InChI=1S/C17H22N2S/c1-13(19-10-8-14-5-4-9-18-12-14)17-11-15-6-2-3-7-16(15)20-17/h4-5,9,11-13,19H,2-3,6-8,10H2,1H3. The molecule has 0 amide bonds. The van der Waals surface area contributed by atoms with Gasteiger partial charge in [0.05, 0.1) is 0 Å². The van der Waals surface area contributed by atoms with Crippen molar-refractivity contribution in [2.24, 2.45) is 0 Å². The van der Waals surface area contributed by atoms with Crippen LogP contribution in [0.25, 0.3) is 0 Å². The van der Waals surface area contributed by atoms with Gasteiger partial charge >= 0.3 is 0 Å². The first-order valence-corrected chi connectivity index (χ1v) is 8.38. The van der Waals surface area contributed by atoms with E-state index in [0.717, 1.165) is 13.0 Å². The number of fused-ring (bicyclic) bond motifs is 1. The monoisotopic (exact) mass is 286 g/mol. The first kappa shape index (κ1) is 13.8. The Morgan fingerprint density at radius 2 is 2.25 bits per heavy atom. The summed E-state index contributed by atoms with van der Waals surface area (Å²) in [7, 11) is 0. The molecule has 1 aliphatic rings. The lowest BCUT2D eigenvalue weighted by Crippen LogP contribution is -2.20. The molecule has 0 saturated carbocycles. The molecule has 0 fully saturated rings. The van der Waals surface area contributed by atoms with Gasteiger partial charge in [0.25, 0.3) is 0 Å². The lowest BCUT2D eigenvalue weighted by molar-refractivity contribution is 0.584. The second-order valence-corrected chi connectivity index (χ2v) is 6.76. The van der Waals surface area contributed by atoms with Crippen LogP contribution in [0.2, 0.25) is 0 Å². The number of aromatic nitrogens is 1. The maximum absolute atomic E-state index is 4.16. The van der Waals surface area contributed by atoms with E-state index in [1.807, 2.05) is 29.8 Å². The molecule has 1 atom stereocenters. The van der Waals surface area contributed by atoms with Gasteiger partial charge in [0, 0.05) is 28.2 Å². The largest absolute Gasteiger partial charge is 0.309 e. The highest BCUT2D eigenvalue weighted by Crippen LogP contribution is 2.32. The molecule has 0 radical (unpaired) electrons. The zero-order chi connectivity index (χ0) is 13.8. The highest BCUT2D eigenvalue weighted by atomic mass is 32.1. The van der Waals surface area contributed by atoms with E-state index in [2.05, 4.69) is 29.4 Å². The van der Waals surface area contributed by atoms with Crippen LogP contribution in [0, 0.1) is 0 Å². The van der Waals surface area contributed by atoms with Crippen molar-refractivity contribution in [3.63, 3.8) is 0 Å². The molecule has 20 heavy (non-hydrogen) atoms. The second kappa shape index (κ2) is 6.51. The van der Waals surface area contributed by atoms with Gasteiger partial charge < -0.3 is 5.32 Å². The highest BCUT2D eigenvalue weighted by Gasteiger charge is 2.16. The average molecular weight is 286 g/mol. The zero-order valence-corrected chi connectivity index (χ0v) is 12.9. The molecule has 0 saturated heterocycles. The number of pyridine rings is 1. The summed E-state index contributed by atoms with van der Waals surface area (Å²) in [4.78, 5) is 7.29. The Labute approximate surface area is 125 Å². The van der Waals surface area contributed by atoms with Gasteiger partial charge in [-0.3, -0.25) is 4.98 Å². The molecule has 1 N–H and O–H groups in total. The maximum Gasteiger partial charge on any atom is 0.0386 e. The Hall–Kier alpha value is -1.19. The minimum Gasteiger partial charge on any atom is -0.309 e. The van der Waals surface area contributed by atoms with Crippen molar-refractivity contribution in [2.75, 3.05) is 6.54 Å². The van der Waals surface area contributed by atoms with Crippen molar-refractivity contribution < 1.29 is 0 Å². The van der Waals surface area contributed by atoms with E-state index in [1.165, 1.54) is 36.1 Å². The number of rotatable bonds is 5. The van der Waals surface area contributed by atoms with E-state index in [1.54, 1.807) is 10.4 Å². The van der Waals surface area contributed by atoms with Gasteiger partial charge in [-0.2, -0.15) is 0 Å².